The molecule has 0 saturated carbocycles. The van der Waals surface area contributed by atoms with E-state index in [-0.39, 0.29) is 0 Å². The van der Waals surface area contributed by atoms with Gasteiger partial charge in [0, 0.05) is 0 Å². The molecule has 0 fully saturated rings. The third-order valence-electron chi connectivity index (χ3n) is 9.73. The number of hydrogen-bond donors (Lipinski definition) is 5. The average Bonchev–Trinajstić information content (AvgIpc) is 3.07. The van der Waals surface area contributed by atoms with E-state index >= 15 is 0 Å². The molecule has 0 saturated heterocycles. The lowest BCUT2D eigenvalue weighted by atomic mass is 9.99. The summed E-state index contributed by atoms with van der Waals surface area (Å²) < 4.78 is 0. The highest BCUT2D eigenvalue weighted by molar-refractivity contribution is 5.80. The molecule has 0 aliphatic rings. The van der Waals surface area contributed by atoms with E-state index in [2.05, 4.69) is 31.3 Å². The Kier molecular flexibility index (Phi) is 35.6. The van der Waals surface area contributed by atoms with Crippen LogP contribution in [-0.4, -0.2) is 57.3 Å². The van der Waals surface area contributed by atoms with Crippen molar-refractivity contribution in [1.82, 2.24) is 5.32 Å². The number of aliphatic hydroxyl groups excluding tert-OH is 4. The van der Waals surface area contributed by atoms with Crippen LogP contribution in [0.15, 0.2) is 12.2 Å². The molecule has 0 aliphatic heterocycles. The molecule has 0 radical (unpaired) electrons. The first kappa shape index (κ1) is 46.0. The fraction of sp³-hybridized carbons (Fsp3) is 0.927. The first-order chi connectivity index (χ1) is 23.0. The second-order valence-electron chi connectivity index (χ2n) is 14.3. The Morgan fingerprint density at radius 2 is 0.851 bits per heavy atom. The maximum atomic E-state index is 12.5. The molecule has 6 nitrogen and oxygen atoms in total. The van der Waals surface area contributed by atoms with Crippen molar-refractivity contribution in [3.05, 3.63) is 12.2 Å². The van der Waals surface area contributed by atoms with Crippen molar-refractivity contribution in [2.75, 3.05) is 6.61 Å². The van der Waals surface area contributed by atoms with Gasteiger partial charge in [0.25, 0.3) is 0 Å². The highest BCUT2D eigenvalue weighted by Gasteiger charge is 2.28. The lowest BCUT2D eigenvalue weighted by Gasteiger charge is -2.27. The number of aliphatic hydroxyl groups is 4. The maximum absolute atomic E-state index is 12.5. The molecule has 0 bridgehead atoms. The Morgan fingerprint density at radius 3 is 1.23 bits per heavy atom. The summed E-state index contributed by atoms with van der Waals surface area (Å²) in [5, 5.41) is 43.5. The van der Waals surface area contributed by atoms with E-state index in [9.17, 15) is 25.2 Å². The van der Waals surface area contributed by atoms with Gasteiger partial charge in [0.2, 0.25) is 5.91 Å². The maximum Gasteiger partial charge on any atom is 0.249 e. The summed E-state index contributed by atoms with van der Waals surface area (Å²) in [6.07, 6.45) is 38.0. The van der Waals surface area contributed by atoms with Gasteiger partial charge in [0.1, 0.15) is 12.2 Å². The lowest BCUT2D eigenvalue weighted by Crippen LogP contribution is -2.53. The number of rotatable bonds is 37. The third kappa shape index (κ3) is 30.8. The number of carbonyl (C=O) groups excluding carboxylic acids is 1. The minimum Gasteiger partial charge on any atom is -0.394 e. The second-order valence-corrected chi connectivity index (χ2v) is 14.3. The number of amides is 1. The fourth-order valence-electron chi connectivity index (χ4n) is 6.40. The summed E-state index contributed by atoms with van der Waals surface area (Å²) in [6.45, 7) is 4.04. The fourth-order valence-corrected chi connectivity index (χ4v) is 6.40. The zero-order valence-electron chi connectivity index (χ0n) is 31.3. The minimum absolute atomic E-state index is 0.364. The Morgan fingerprint density at radius 1 is 0.511 bits per heavy atom. The van der Waals surface area contributed by atoms with Crippen molar-refractivity contribution >= 4 is 5.91 Å². The lowest BCUT2D eigenvalue weighted by molar-refractivity contribution is -0.132. The molecule has 0 aromatic rings. The molecule has 0 rings (SSSR count). The van der Waals surface area contributed by atoms with Crippen molar-refractivity contribution in [3.63, 3.8) is 0 Å². The van der Waals surface area contributed by atoms with E-state index in [1.54, 1.807) is 0 Å². The quantitative estimate of drug-likeness (QED) is 0.0335. The summed E-state index contributed by atoms with van der Waals surface area (Å²) in [7, 11) is 0. The van der Waals surface area contributed by atoms with Gasteiger partial charge in [-0.25, -0.2) is 0 Å². The van der Waals surface area contributed by atoms with Crippen LogP contribution >= 0.6 is 0 Å². The summed E-state index contributed by atoms with van der Waals surface area (Å²) in [5.41, 5.74) is 0. The van der Waals surface area contributed by atoms with Crippen LogP contribution in [0.5, 0.6) is 0 Å². The van der Waals surface area contributed by atoms with E-state index in [1.165, 1.54) is 141 Å². The van der Waals surface area contributed by atoms with E-state index in [1.807, 2.05) is 0 Å². The van der Waals surface area contributed by atoms with Gasteiger partial charge in [0.15, 0.2) is 0 Å². The summed E-state index contributed by atoms with van der Waals surface area (Å²) in [6, 6.07) is -0.983. The highest BCUT2D eigenvalue weighted by atomic mass is 16.3. The van der Waals surface area contributed by atoms with Gasteiger partial charge < -0.3 is 25.7 Å². The van der Waals surface area contributed by atoms with Gasteiger partial charge in [0.05, 0.1) is 18.8 Å². The van der Waals surface area contributed by atoms with Gasteiger partial charge in [-0.05, 0) is 38.5 Å². The van der Waals surface area contributed by atoms with Gasteiger partial charge in [-0.1, -0.05) is 187 Å². The summed E-state index contributed by atoms with van der Waals surface area (Å²) in [4.78, 5) is 12.5. The van der Waals surface area contributed by atoms with Crippen molar-refractivity contribution in [3.8, 4) is 0 Å². The Balaban J connectivity index is 3.75. The standard InChI is InChI=1S/C41H81NO5/c1-3-5-7-9-11-13-15-17-18-19-20-21-22-23-25-27-29-31-33-35-39(45)41(47)42-37(36-43)40(46)38(44)34-32-30-28-26-24-16-14-12-10-8-6-4-2/h20-21,37-40,43-46H,3-19,22-36H2,1-2H3,(H,42,47)/b21-20-. The van der Waals surface area contributed by atoms with Gasteiger partial charge in [-0.3, -0.25) is 4.79 Å². The molecule has 0 aliphatic carbocycles. The first-order valence-corrected chi connectivity index (χ1v) is 20.6. The van der Waals surface area contributed by atoms with E-state index in [0.29, 0.717) is 12.8 Å². The van der Waals surface area contributed by atoms with Crippen LogP contribution in [0.25, 0.3) is 0 Å². The van der Waals surface area contributed by atoms with Gasteiger partial charge >= 0.3 is 0 Å². The van der Waals surface area contributed by atoms with Crippen LogP contribution in [-0.2, 0) is 4.79 Å². The Hall–Kier alpha value is -0.950. The van der Waals surface area contributed by atoms with Crippen molar-refractivity contribution < 1.29 is 25.2 Å². The molecular weight excluding hydrogens is 586 g/mol. The number of carbonyl (C=O) groups is 1. The zero-order valence-corrected chi connectivity index (χ0v) is 31.3. The number of unbranched alkanes of at least 4 members (excludes halogenated alkanes) is 26. The van der Waals surface area contributed by atoms with Crippen LogP contribution < -0.4 is 5.32 Å². The van der Waals surface area contributed by atoms with E-state index < -0.39 is 36.9 Å². The zero-order chi connectivity index (χ0) is 34.6. The SMILES string of the molecule is CCCCCCCCCCC/C=C\CCCCCCCCC(O)C(=O)NC(CO)C(O)C(O)CCCCCCCCCCCCCC. The monoisotopic (exact) mass is 668 g/mol. The first-order valence-electron chi connectivity index (χ1n) is 20.6. The second kappa shape index (κ2) is 36.3. The summed E-state index contributed by atoms with van der Waals surface area (Å²) in [5.74, 6) is -0.588. The van der Waals surface area contributed by atoms with Gasteiger partial charge in [-0.2, -0.15) is 0 Å². The molecule has 47 heavy (non-hydrogen) atoms. The summed E-state index contributed by atoms with van der Waals surface area (Å²) >= 11 is 0. The molecule has 0 aromatic heterocycles. The predicted molar refractivity (Wildman–Crippen MR) is 201 cm³/mol. The topological polar surface area (TPSA) is 110 Å². The number of hydrogen-bond acceptors (Lipinski definition) is 5. The molecule has 0 spiro atoms. The molecule has 0 aromatic carbocycles. The third-order valence-corrected chi connectivity index (χ3v) is 9.73. The molecule has 280 valence electrons. The van der Waals surface area contributed by atoms with Crippen molar-refractivity contribution in [1.29, 1.82) is 0 Å². The normalized spacial score (nSPS) is 14.4. The molecule has 1 amide bonds. The van der Waals surface area contributed by atoms with E-state index in [4.69, 9.17) is 0 Å². The molecule has 4 atom stereocenters. The van der Waals surface area contributed by atoms with Crippen molar-refractivity contribution in [2.24, 2.45) is 0 Å². The van der Waals surface area contributed by atoms with Crippen LogP contribution in [0.4, 0.5) is 0 Å². The largest absolute Gasteiger partial charge is 0.394 e. The predicted octanol–water partition coefficient (Wildman–Crippen LogP) is 10.2. The Labute approximate surface area is 292 Å². The average molecular weight is 668 g/mol. The number of nitrogens with one attached hydrogen (secondary N) is 1. The molecule has 6 heteroatoms. The highest BCUT2D eigenvalue weighted by Crippen LogP contribution is 2.16. The van der Waals surface area contributed by atoms with E-state index in [0.717, 1.165) is 44.9 Å². The minimum atomic E-state index is -1.26. The van der Waals surface area contributed by atoms with Crippen LogP contribution in [0.1, 0.15) is 213 Å². The molecule has 5 N–H and O–H groups in total. The molecular formula is C41H81NO5. The molecule has 0 heterocycles. The van der Waals surface area contributed by atoms with Crippen molar-refractivity contribution in [2.45, 2.75) is 237 Å². The molecule has 4 unspecified atom stereocenters. The van der Waals surface area contributed by atoms with Crippen LogP contribution in [0, 0.1) is 0 Å². The van der Waals surface area contributed by atoms with Crippen LogP contribution in [0.2, 0.25) is 0 Å². The number of allylic oxidation sites excluding steroid dienone is 2. The van der Waals surface area contributed by atoms with Crippen LogP contribution in [0.3, 0.4) is 0 Å². The smallest absolute Gasteiger partial charge is 0.249 e. The Bertz CT molecular complexity index is 672. The van der Waals surface area contributed by atoms with Gasteiger partial charge in [-0.15, -0.1) is 0 Å².